The fraction of sp³-hybridized carbons (Fsp3) is 0.167. The zero-order valence-corrected chi connectivity index (χ0v) is 6.81. The smallest absolute Gasteiger partial charge is 0.240 e. The minimum Gasteiger partial charge on any atom is -0.452 e. The lowest BCUT2D eigenvalue weighted by Gasteiger charge is -1.78. The van der Waals surface area contributed by atoms with E-state index in [1.54, 1.807) is 13.0 Å². The number of aryl methyl sites for hydroxylation is 1. The van der Waals surface area contributed by atoms with Crippen LogP contribution in [0.1, 0.15) is 5.76 Å². The molecule has 0 atom stereocenters. The zero-order chi connectivity index (χ0) is 7.56. The number of carbonyl (C=O) groups excluding carboxylic acids is 1. The molecule has 1 aromatic rings. The maximum atomic E-state index is 9.78. The number of isocyanates is 1. The molecule has 1 rings (SSSR count). The van der Waals surface area contributed by atoms with Crippen LogP contribution in [0.5, 0.6) is 0 Å². The van der Waals surface area contributed by atoms with Crippen LogP contribution in [0.15, 0.2) is 20.1 Å². The summed E-state index contributed by atoms with van der Waals surface area (Å²) >= 11 is 3.08. The van der Waals surface area contributed by atoms with Crippen molar-refractivity contribution in [2.45, 2.75) is 6.92 Å². The van der Waals surface area contributed by atoms with E-state index < -0.39 is 0 Å². The average Bonchev–Trinajstić information content (AvgIpc) is 2.13. The summed E-state index contributed by atoms with van der Waals surface area (Å²) in [6.45, 7) is 1.77. The third-order valence-corrected chi connectivity index (χ3v) is 1.53. The highest BCUT2D eigenvalue weighted by atomic mass is 79.9. The van der Waals surface area contributed by atoms with E-state index in [2.05, 4.69) is 20.9 Å². The lowest BCUT2D eigenvalue weighted by Crippen LogP contribution is -1.53. The molecule has 0 aromatic carbocycles. The number of hydrogen-bond donors (Lipinski definition) is 0. The molecule has 0 N–H and O–H groups in total. The number of halogens is 1. The highest BCUT2D eigenvalue weighted by molar-refractivity contribution is 9.10. The van der Waals surface area contributed by atoms with Gasteiger partial charge in [0, 0.05) is 6.07 Å². The quantitative estimate of drug-likeness (QED) is 0.517. The Balaban J connectivity index is 3.14. The van der Waals surface area contributed by atoms with Gasteiger partial charge in [-0.15, -0.1) is 0 Å². The van der Waals surface area contributed by atoms with Crippen molar-refractivity contribution in [1.82, 2.24) is 0 Å². The Morgan fingerprint density at radius 3 is 2.90 bits per heavy atom. The molecular weight excluding hydrogens is 198 g/mol. The lowest BCUT2D eigenvalue weighted by molar-refractivity contribution is 0.510. The van der Waals surface area contributed by atoms with E-state index in [1.807, 2.05) is 0 Å². The van der Waals surface area contributed by atoms with E-state index in [-0.39, 0.29) is 0 Å². The third-order valence-electron chi connectivity index (χ3n) is 0.958. The van der Waals surface area contributed by atoms with Gasteiger partial charge in [-0.1, -0.05) is 0 Å². The van der Waals surface area contributed by atoms with Gasteiger partial charge in [-0.25, -0.2) is 4.79 Å². The number of aliphatic imine (C=N–C) groups is 1. The summed E-state index contributed by atoms with van der Waals surface area (Å²) in [4.78, 5) is 13.2. The van der Waals surface area contributed by atoms with Gasteiger partial charge >= 0.3 is 0 Å². The molecule has 1 aromatic heterocycles. The van der Waals surface area contributed by atoms with Crippen LogP contribution in [-0.2, 0) is 4.79 Å². The molecule has 0 saturated heterocycles. The van der Waals surface area contributed by atoms with Crippen molar-refractivity contribution in [2.24, 2.45) is 4.99 Å². The molecule has 10 heavy (non-hydrogen) atoms. The van der Waals surface area contributed by atoms with E-state index in [0.29, 0.717) is 16.1 Å². The first-order valence-corrected chi connectivity index (χ1v) is 3.37. The summed E-state index contributed by atoms with van der Waals surface area (Å²) in [6, 6.07) is 1.65. The van der Waals surface area contributed by atoms with E-state index in [4.69, 9.17) is 4.42 Å². The fourth-order valence-electron chi connectivity index (χ4n) is 0.598. The van der Waals surface area contributed by atoms with Crippen molar-refractivity contribution < 1.29 is 9.21 Å². The highest BCUT2D eigenvalue weighted by Gasteiger charge is 2.02. The molecular formula is C6H4BrNO2. The minimum atomic E-state index is 0.466. The van der Waals surface area contributed by atoms with Gasteiger partial charge in [-0.2, -0.15) is 4.99 Å². The van der Waals surface area contributed by atoms with Crippen molar-refractivity contribution in [3.8, 4) is 0 Å². The van der Waals surface area contributed by atoms with Crippen molar-refractivity contribution in [2.75, 3.05) is 0 Å². The van der Waals surface area contributed by atoms with E-state index >= 15 is 0 Å². The maximum Gasteiger partial charge on any atom is 0.240 e. The Morgan fingerprint density at radius 2 is 2.50 bits per heavy atom. The number of furan rings is 1. The molecule has 0 aliphatic heterocycles. The van der Waals surface area contributed by atoms with Crippen LogP contribution in [0.3, 0.4) is 0 Å². The van der Waals surface area contributed by atoms with Crippen LogP contribution < -0.4 is 0 Å². The van der Waals surface area contributed by atoms with Crippen molar-refractivity contribution >= 4 is 27.7 Å². The van der Waals surface area contributed by atoms with Crippen molar-refractivity contribution in [3.05, 3.63) is 16.5 Å². The van der Waals surface area contributed by atoms with Gasteiger partial charge in [0.2, 0.25) is 6.08 Å². The maximum absolute atomic E-state index is 9.78. The second-order valence-corrected chi connectivity index (χ2v) is 2.44. The topological polar surface area (TPSA) is 42.6 Å². The minimum absolute atomic E-state index is 0.466. The van der Waals surface area contributed by atoms with Crippen LogP contribution >= 0.6 is 15.9 Å². The normalized spacial score (nSPS) is 9.00. The van der Waals surface area contributed by atoms with Gasteiger partial charge in [-0.05, 0) is 22.9 Å². The summed E-state index contributed by atoms with van der Waals surface area (Å²) in [7, 11) is 0. The SMILES string of the molecule is Cc1cc(N=C=O)c(Br)o1. The molecule has 0 radical (unpaired) electrons. The summed E-state index contributed by atoms with van der Waals surface area (Å²) in [5.41, 5.74) is 0.479. The van der Waals surface area contributed by atoms with Gasteiger partial charge in [0.05, 0.1) is 0 Å². The lowest BCUT2D eigenvalue weighted by atomic mass is 10.5. The Bertz CT molecular complexity index is 286. The monoisotopic (exact) mass is 201 g/mol. The average molecular weight is 202 g/mol. The van der Waals surface area contributed by atoms with Crippen LogP contribution in [0.25, 0.3) is 0 Å². The standard InChI is InChI=1S/C6H4BrNO2/c1-4-2-5(8-3-9)6(7)10-4/h2H,1H3. The van der Waals surface area contributed by atoms with Gasteiger partial charge < -0.3 is 4.42 Å². The van der Waals surface area contributed by atoms with Crippen LogP contribution in [0.4, 0.5) is 5.69 Å². The van der Waals surface area contributed by atoms with Gasteiger partial charge in [-0.3, -0.25) is 0 Å². The molecule has 0 spiro atoms. The molecule has 0 saturated carbocycles. The van der Waals surface area contributed by atoms with Crippen LogP contribution in [0.2, 0.25) is 0 Å². The first-order valence-electron chi connectivity index (χ1n) is 2.58. The van der Waals surface area contributed by atoms with Crippen molar-refractivity contribution in [3.63, 3.8) is 0 Å². The molecule has 1 heterocycles. The second-order valence-electron chi connectivity index (χ2n) is 1.72. The molecule has 0 aliphatic rings. The summed E-state index contributed by atoms with van der Waals surface area (Å²) in [5.74, 6) is 0.709. The zero-order valence-electron chi connectivity index (χ0n) is 5.22. The van der Waals surface area contributed by atoms with E-state index in [9.17, 15) is 4.79 Å². The van der Waals surface area contributed by atoms with Gasteiger partial charge in [0.25, 0.3) is 0 Å². The third kappa shape index (κ3) is 1.35. The summed E-state index contributed by atoms with van der Waals surface area (Å²) in [5, 5.41) is 0. The number of hydrogen-bond acceptors (Lipinski definition) is 3. The van der Waals surface area contributed by atoms with E-state index in [1.165, 1.54) is 6.08 Å². The molecule has 0 aliphatic carbocycles. The molecule has 0 unspecified atom stereocenters. The van der Waals surface area contributed by atoms with Crippen molar-refractivity contribution in [1.29, 1.82) is 0 Å². The van der Waals surface area contributed by atoms with Crippen LogP contribution in [-0.4, -0.2) is 6.08 Å². The Kier molecular flexibility index (Phi) is 2.04. The first kappa shape index (κ1) is 7.25. The molecule has 0 bridgehead atoms. The fourth-order valence-corrected chi connectivity index (χ4v) is 1.06. The molecule has 0 amide bonds. The first-order chi connectivity index (χ1) is 4.74. The number of nitrogens with zero attached hydrogens (tertiary/aromatic N) is 1. The summed E-state index contributed by atoms with van der Waals surface area (Å²) in [6.07, 6.45) is 1.42. The predicted octanol–water partition coefficient (Wildman–Crippen LogP) is 2.32. The van der Waals surface area contributed by atoms with E-state index in [0.717, 1.165) is 0 Å². The Labute approximate surface area is 65.9 Å². The highest BCUT2D eigenvalue weighted by Crippen LogP contribution is 2.28. The van der Waals surface area contributed by atoms with Gasteiger partial charge in [0.1, 0.15) is 11.4 Å². The molecule has 4 heteroatoms. The molecule has 52 valence electrons. The van der Waals surface area contributed by atoms with Gasteiger partial charge in [0.15, 0.2) is 4.67 Å². The summed E-state index contributed by atoms with van der Waals surface area (Å²) < 4.78 is 5.48. The largest absolute Gasteiger partial charge is 0.452 e. The molecule has 0 fully saturated rings. The Morgan fingerprint density at radius 1 is 1.80 bits per heavy atom. The van der Waals surface area contributed by atoms with Crippen LogP contribution in [0, 0.1) is 6.92 Å². The predicted molar refractivity (Wildman–Crippen MR) is 38.9 cm³/mol. The second kappa shape index (κ2) is 2.82. The molecule has 3 nitrogen and oxygen atoms in total. The Hall–Kier alpha value is -0.860. The number of rotatable bonds is 1.